The molecule has 138 valence electrons. The number of amides is 1. The fourth-order valence-electron chi connectivity index (χ4n) is 2.61. The van der Waals surface area contributed by atoms with Crippen molar-refractivity contribution in [2.75, 3.05) is 5.75 Å². The van der Waals surface area contributed by atoms with Crippen molar-refractivity contribution in [3.63, 3.8) is 0 Å². The highest BCUT2D eigenvalue weighted by Gasteiger charge is 2.13. The lowest BCUT2D eigenvalue weighted by atomic mass is 9.99. The maximum Gasteiger partial charge on any atom is 0.269 e. The second kappa shape index (κ2) is 9.38. The molecule has 1 N–H and O–H groups in total. The average molecular weight is 372 g/mol. The maximum atomic E-state index is 12.2. The van der Waals surface area contributed by atoms with Crippen molar-refractivity contribution in [3.8, 4) is 0 Å². The first-order chi connectivity index (χ1) is 12.4. The number of nitro groups is 1. The van der Waals surface area contributed by atoms with Gasteiger partial charge in [0, 0.05) is 17.9 Å². The molecule has 2 aromatic carbocycles. The minimum atomic E-state index is -0.415. The molecule has 0 unspecified atom stereocenters. The molecule has 2 aromatic rings. The molecule has 2 rings (SSSR count). The molecule has 6 heteroatoms. The normalized spacial score (nSPS) is 11.8. The molecule has 0 bridgehead atoms. The predicted molar refractivity (Wildman–Crippen MR) is 106 cm³/mol. The monoisotopic (exact) mass is 372 g/mol. The number of hydrogen-bond acceptors (Lipinski definition) is 4. The molecular weight excluding hydrogens is 348 g/mol. The molecule has 26 heavy (non-hydrogen) atoms. The minimum absolute atomic E-state index is 0.00184. The highest BCUT2D eigenvalue weighted by atomic mass is 32.2. The first-order valence-electron chi connectivity index (χ1n) is 8.58. The van der Waals surface area contributed by atoms with E-state index in [1.165, 1.54) is 35.0 Å². The summed E-state index contributed by atoms with van der Waals surface area (Å²) < 4.78 is 0. The van der Waals surface area contributed by atoms with Crippen LogP contribution in [-0.4, -0.2) is 16.6 Å². The first kappa shape index (κ1) is 20.0. The van der Waals surface area contributed by atoms with E-state index in [0.29, 0.717) is 11.5 Å². The summed E-state index contributed by atoms with van der Waals surface area (Å²) >= 11 is 1.50. The third kappa shape index (κ3) is 5.59. The highest BCUT2D eigenvalue weighted by Crippen LogP contribution is 2.21. The van der Waals surface area contributed by atoms with Gasteiger partial charge in [0.05, 0.1) is 16.7 Å². The van der Waals surface area contributed by atoms with Gasteiger partial charge < -0.3 is 5.32 Å². The molecule has 0 aliphatic heterocycles. The fraction of sp³-hybridized carbons (Fsp3) is 0.350. The summed E-state index contributed by atoms with van der Waals surface area (Å²) in [6.07, 6.45) is 0.835. The van der Waals surface area contributed by atoms with Gasteiger partial charge in [-0.15, -0.1) is 11.8 Å². The Hall–Kier alpha value is -2.34. The molecule has 0 aliphatic rings. The van der Waals surface area contributed by atoms with E-state index in [1.807, 2.05) is 0 Å². The van der Waals surface area contributed by atoms with Crippen molar-refractivity contribution in [2.24, 2.45) is 0 Å². The second-order valence-electron chi connectivity index (χ2n) is 6.29. The molecule has 0 aromatic heterocycles. The van der Waals surface area contributed by atoms with Crippen molar-refractivity contribution in [3.05, 3.63) is 74.8 Å². The van der Waals surface area contributed by atoms with E-state index in [9.17, 15) is 14.9 Å². The van der Waals surface area contributed by atoms with Gasteiger partial charge >= 0.3 is 0 Å². The lowest BCUT2D eigenvalue weighted by molar-refractivity contribution is -0.384. The number of nitrogens with zero attached hydrogens (tertiary/aromatic N) is 1. The molecule has 0 heterocycles. The number of nitrogens with one attached hydrogen (secondary N) is 1. The minimum Gasteiger partial charge on any atom is -0.349 e. The van der Waals surface area contributed by atoms with Gasteiger partial charge in [0.2, 0.25) is 5.91 Å². The quantitative estimate of drug-likeness (QED) is 0.538. The molecule has 0 aliphatic carbocycles. The molecule has 0 spiro atoms. The fourth-order valence-corrected chi connectivity index (χ4v) is 3.41. The number of carbonyl (C=O) groups is 1. The Morgan fingerprint density at radius 3 is 2.42 bits per heavy atom. The third-order valence-electron chi connectivity index (χ3n) is 4.33. The van der Waals surface area contributed by atoms with E-state index in [0.717, 1.165) is 17.5 Å². The molecule has 0 radical (unpaired) electrons. The van der Waals surface area contributed by atoms with Crippen molar-refractivity contribution < 1.29 is 9.72 Å². The van der Waals surface area contributed by atoms with E-state index < -0.39 is 4.92 Å². The van der Waals surface area contributed by atoms with Crippen molar-refractivity contribution >= 4 is 23.4 Å². The Labute approximate surface area is 158 Å². The Morgan fingerprint density at radius 1 is 1.15 bits per heavy atom. The summed E-state index contributed by atoms with van der Waals surface area (Å²) in [4.78, 5) is 22.5. The number of aryl methyl sites for hydroxylation is 2. The summed E-state index contributed by atoms with van der Waals surface area (Å²) in [7, 11) is 0. The lowest BCUT2D eigenvalue weighted by Crippen LogP contribution is -2.29. The predicted octanol–water partition coefficient (Wildman–Crippen LogP) is 4.71. The Morgan fingerprint density at radius 2 is 1.85 bits per heavy atom. The van der Waals surface area contributed by atoms with Gasteiger partial charge in [0.15, 0.2) is 0 Å². The van der Waals surface area contributed by atoms with E-state index in [-0.39, 0.29) is 17.6 Å². The smallest absolute Gasteiger partial charge is 0.269 e. The van der Waals surface area contributed by atoms with Gasteiger partial charge in [-0.1, -0.05) is 37.3 Å². The number of carbonyl (C=O) groups excluding carboxylic acids is 1. The number of thioether (sulfide) groups is 1. The Balaban J connectivity index is 1.84. The molecule has 5 nitrogen and oxygen atoms in total. The van der Waals surface area contributed by atoms with E-state index in [4.69, 9.17) is 0 Å². The van der Waals surface area contributed by atoms with Crippen LogP contribution in [0.2, 0.25) is 0 Å². The van der Waals surface area contributed by atoms with Crippen LogP contribution < -0.4 is 5.32 Å². The standard InChI is InChI=1S/C20H24N2O3S/c1-4-19(17-8-5-14(2)15(3)11-17)21-20(23)13-26-12-16-6-9-18(10-7-16)22(24)25/h5-11,19H,4,12-13H2,1-3H3,(H,21,23)/t19-/m0/s1. The largest absolute Gasteiger partial charge is 0.349 e. The van der Waals surface area contributed by atoms with Gasteiger partial charge in [-0.25, -0.2) is 0 Å². The number of nitro benzene ring substituents is 1. The summed E-state index contributed by atoms with van der Waals surface area (Å²) in [6, 6.07) is 12.7. The zero-order valence-electron chi connectivity index (χ0n) is 15.3. The van der Waals surface area contributed by atoms with Crippen LogP contribution in [0.5, 0.6) is 0 Å². The van der Waals surface area contributed by atoms with Crippen LogP contribution >= 0.6 is 11.8 Å². The van der Waals surface area contributed by atoms with E-state index in [2.05, 4.69) is 44.3 Å². The van der Waals surface area contributed by atoms with Crippen LogP contribution in [0, 0.1) is 24.0 Å². The Kier molecular flexibility index (Phi) is 7.21. The molecule has 1 atom stereocenters. The average Bonchev–Trinajstić information content (AvgIpc) is 2.62. The Bertz CT molecular complexity index is 775. The van der Waals surface area contributed by atoms with Gasteiger partial charge in [-0.3, -0.25) is 14.9 Å². The zero-order valence-corrected chi connectivity index (χ0v) is 16.1. The van der Waals surface area contributed by atoms with Crippen LogP contribution in [0.15, 0.2) is 42.5 Å². The van der Waals surface area contributed by atoms with Crippen molar-refractivity contribution in [2.45, 2.75) is 39.0 Å². The van der Waals surface area contributed by atoms with Crippen LogP contribution in [0.1, 0.15) is 41.6 Å². The van der Waals surface area contributed by atoms with Gasteiger partial charge in [-0.2, -0.15) is 0 Å². The molecular formula is C20H24N2O3S. The number of hydrogen-bond donors (Lipinski definition) is 1. The number of benzene rings is 2. The number of non-ortho nitro benzene ring substituents is 1. The molecule has 0 saturated carbocycles. The van der Waals surface area contributed by atoms with Crippen LogP contribution in [0.25, 0.3) is 0 Å². The van der Waals surface area contributed by atoms with Gasteiger partial charge in [0.25, 0.3) is 5.69 Å². The molecule has 0 saturated heterocycles. The lowest BCUT2D eigenvalue weighted by Gasteiger charge is -2.18. The molecule has 1 amide bonds. The van der Waals surface area contributed by atoms with Crippen LogP contribution in [0.3, 0.4) is 0 Å². The topological polar surface area (TPSA) is 72.2 Å². The maximum absolute atomic E-state index is 12.2. The van der Waals surface area contributed by atoms with Crippen molar-refractivity contribution in [1.82, 2.24) is 5.32 Å². The third-order valence-corrected chi connectivity index (χ3v) is 5.33. The van der Waals surface area contributed by atoms with Crippen molar-refractivity contribution in [1.29, 1.82) is 0 Å². The SMILES string of the molecule is CC[C@H](NC(=O)CSCc1ccc([N+](=O)[O-])cc1)c1ccc(C)c(C)c1. The number of rotatable bonds is 8. The first-order valence-corrected chi connectivity index (χ1v) is 9.73. The van der Waals surface area contributed by atoms with E-state index >= 15 is 0 Å². The van der Waals surface area contributed by atoms with Gasteiger partial charge in [-0.05, 0) is 42.5 Å². The molecule has 0 fully saturated rings. The summed E-state index contributed by atoms with van der Waals surface area (Å²) in [5.41, 5.74) is 4.64. The van der Waals surface area contributed by atoms with Gasteiger partial charge in [0.1, 0.15) is 0 Å². The summed E-state index contributed by atoms with van der Waals surface area (Å²) in [6.45, 7) is 6.21. The van der Waals surface area contributed by atoms with Crippen LogP contribution in [0.4, 0.5) is 5.69 Å². The summed E-state index contributed by atoms with van der Waals surface area (Å²) in [5.74, 6) is 1.01. The second-order valence-corrected chi connectivity index (χ2v) is 7.27. The van der Waals surface area contributed by atoms with E-state index in [1.54, 1.807) is 12.1 Å². The zero-order chi connectivity index (χ0) is 19.1. The summed E-state index contributed by atoms with van der Waals surface area (Å²) in [5, 5.41) is 13.7. The van der Waals surface area contributed by atoms with Crippen LogP contribution in [-0.2, 0) is 10.5 Å². The highest BCUT2D eigenvalue weighted by molar-refractivity contribution is 7.99.